The molecule has 0 atom stereocenters. The van der Waals surface area contributed by atoms with Gasteiger partial charge in [-0.3, -0.25) is 9.69 Å². The maximum absolute atomic E-state index is 12.5. The van der Waals surface area contributed by atoms with Crippen LogP contribution in [0.3, 0.4) is 0 Å². The highest BCUT2D eigenvalue weighted by Gasteiger charge is 2.19. The first kappa shape index (κ1) is 19.8. The molecule has 0 saturated carbocycles. The number of nitrogens with zero attached hydrogens (tertiary/aromatic N) is 2. The topological polar surface area (TPSA) is 54.5 Å². The Hall–Kier alpha value is -2.54. The zero-order chi connectivity index (χ0) is 19.9. The van der Waals surface area contributed by atoms with Crippen molar-refractivity contribution in [1.82, 2.24) is 9.88 Å². The lowest BCUT2D eigenvalue weighted by Gasteiger charge is -2.26. The van der Waals surface area contributed by atoms with Gasteiger partial charge in [-0.05, 0) is 12.0 Å². The molecular formula is C23H25N3O2S. The Morgan fingerprint density at radius 2 is 1.72 bits per heavy atom. The number of aryl methyl sites for hydroxylation is 1. The van der Waals surface area contributed by atoms with Gasteiger partial charge in [-0.1, -0.05) is 72.0 Å². The molecule has 1 fully saturated rings. The summed E-state index contributed by atoms with van der Waals surface area (Å²) in [6.45, 7) is 4.20. The summed E-state index contributed by atoms with van der Waals surface area (Å²) in [6, 6.07) is 20.3. The van der Waals surface area contributed by atoms with Crippen molar-refractivity contribution in [2.45, 2.75) is 19.4 Å². The van der Waals surface area contributed by atoms with E-state index in [1.165, 1.54) is 10.4 Å². The molecule has 4 rings (SSSR count). The lowest BCUT2D eigenvalue weighted by molar-refractivity contribution is -0.116. The minimum atomic E-state index is 0.000127. The van der Waals surface area contributed by atoms with E-state index in [0.29, 0.717) is 11.6 Å². The van der Waals surface area contributed by atoms with Gasteiger partial charge in [0.25, 0.3) is 0 Å². The van der Waals surface area contributed by atoms with Crippen LogP contribution >= 0.6 is 11.3 Å². The zero-order valence-corrected chi connectivity index (χ0v) is 17.2. The van der Waals surface area contributed by atoms with Crippen LogP contribution in [0.25, 0.3) is 11.3 Å². The van der Waals surface area contributed by atoms with Gasteiger partial charge in [0.15, 0.2) is 5.13 Å². The highest BCUT2D eigenvalue weighted by molar-refractivity contribution is 7.16. The molecule has 0 bridgehead atoms. The molecule has 1 saturated heterocycles. The van der Waals surface area contributed by atoms with Gasteiger partial charge in [-0.15, -0.1) is 0 Å². The number of hydrogen-bond acceptors (Lipinski definition) is 5. The standard InChI is InChI=1S/C23H25N3O2S/c27-21(12-11-18-7-3-1-4-8-18)24-23-25-22(19-9-5-2-6-10-19)20(29-23)17-26-13-15-28-16-14-26/h1-10H,11-17H2,(H,24,25,27). The van der Waals surface area contributed by atoms with E-state index in [4.69, 9.17) is 9.72 Å². The molecule has 0 radical (unpaired) electrons. The Kier molecular flexibility index (Phi) is 6.67. The monoisotopic (exact) mass is 407 g/mol. The number of nitrogens with one attached hydrogen (secondary N) is 1. The van der Waals surface area contributed by atoms with Gasteiger partial charge in [-0.25, -0.2) is 4.98 Å². The van der Waals surface area contributed by atoms with Crippen LogP contribution in [0.1, 0.15) is 16.9 Å². The van der Waals surface area contributed by atoms with Crippen molar-refractivity contribution >= 4 is 22.4 Å². The lowest BCUT2D eigenvalue weighted by atomic mass is 10.1. The third kappa shape index (κ3) is 5.50. The van der Waals surface area contributed by atoms with E-state index in [-0.39, 0.29) is 5.91 Å². The lowest BCUT2D eigenvalue weighted by Crippen LogP contribution is -2.35. The molecular weight excluding hydrogens is 382 g/mol. The molecule has 1 amide bonds. The zero-order valence-electron chi connectivity index (χ0n) is 16.3. The molecule has 6 heteroatoms. The van der Waals surface area contributed by atoms with Gasteiger partial charge < -0.3 is 10.1 Å². The van der Waals surface area contributed by atoms with Crippen molar-refractivity contribution in [2.24, 2.45) is 0 Å². The van der Waals surface area contributed by atoms with E-state index < -0.39 is 0 Å². The number of carbonyl (C=O) groups is 1. The Labute approximate surface area is 175 Å². The van der Waals surface area contributed by atoms with E-state index in [2.05, 4.69) is 22.3 Å². The molecule has 150 valence electrons. The Bertz CT molecular complexity index is 922. The van der Waals surface area contributed by atoms with Crippen LogP contribution in [-0.2, 0) is 22.5 Å². The predicted octanol–water partition coefficient (Wildman–Crippen LogP) is 4.21. The number of amides is 1. The van der Waals surface area contributed by atoms with Crippen LogP contribution in [0.4, 0.5) is 5.13 Å². The fraction of sp³-hybridized carbons (Fsp3) is 0.304. The maximum Gasteiger partial charge on any atom is 0.226 e. The number of thiazole rings is 1. The Morgan fingerprint density at radius 1 is 1.03 bits per heavy atom. The van der Waals surface area contributed by atoms with Crippen LogP contribution in [0.15, 0.2) is 60.7 Å². The van der Waals surface area contributed by atoms with E-state index in [1.54, 1.807) is 11.3 Å². The normalized spacial score (nSPS) is 14.6. The minimum absolute atomic E-state index is 0.000127. The van der Waals surface area contributed by atoms with Crippen molar-refractivity contribution < 1.29 is 9.53 Å². The third-order valence-corrected chi connectivity index (χ3v) is 5.90. The summed E-state index contributed by atoms with van der Waals surface area (Å²) in [7, 11) is 0. The van der Waals surface area contributed by atoms with Crippen LogP contribution in [-0.4, -0.2) is 42.1 Å². The average molecular weight is 408 g/mol. The first-order chi connectivity index (χ1) is 14.3. The van der Waals surface area contributed by atoms with Crippen LogP contribution in [0.2, 0.25) is 0 Å². The summed E-state index contributed by atoms with van der Waals surface area (Å²) >= 11 is 1.57. The van der Waals surface area contributed by atoms with Crippen molar-refractivity contribution in [3.05, 3.63) is 71.1 Å². The number of rotatable bonds is 7. The molecule has 1 aliphatic rings. The fourth-order valence-electron chi connectivity index (χ4n) is 3.38. The second-order valence-electron chi connectivity index (χ2n) is 7.08. The molecule has 1 aromatic heterocycles. The quantitative estimate of drug-likeness (QED) is 0.637. The van der Waals surface area contributed by atoms with Crippen LogP contribution in [0.5, 0.6) is 0 Å². The number of carbonyl (C=O) groups excluding carboxylic acids is 1. The molecule has 0 aliphatic carbocycles. The number of ether oxygens (including phenoxy) is 1. The van der Waals surface area contributed by atoms with Gasteiger partial charge in [-0.2, -0.15) is 0 Å². The fourth-order valence-corrected chi connectivity index (χ4v) is 4.42. The Balaban J connectivity index is 1.47. The van der Waals surface area contributed by atoms with Gasteiger partial charge >= 0.3 is 0 Å². The van der Waals surface area contributed by atoms with Crippen molar-refractivity contribution in [1.29, 1.82) is 0 Å². The van der Waals surface area contributed by atoms with Crippen LogP contribution < -0.4 is 5.32 Å². The van der Waals surface area contributed by atoms with E-state index in [0.717, 1.165) is 50.5 Å². The number of anilines is 1. The number of benzene rings is 2. The second-order valence-corrected chi connectivity index (χ2v) is 8.16. The number of hydrogen-bond donors (Lipinski definition) is 1. The molecule has 3 aromatic rings. The summed E-state index contributed by atoms with van der Waals surface area (Å²) in [4.78, 5) is 20.8. The second kappa shape index (κ2) is 9.78. The molecule has 1 N–H and O–H groups in total. The molecule has 5 nitrogen and oxygen atoms in total. The average Bonchev–Trinajstić information content (AvgIpc) is 3.16. The first-order valence-corrected chi connectivity index (χ1v) is 10.8. The highest BCUT2D eigenvalue weighted by atomic mass is 32.1. The summed E-state index contributed by atoms with van der Waals surface area (Å²) in [5.41, 5.74) is 3.21. The first-order valence-electron chi connectivity index (χ1n) is 9.97. The van der Waals surface area contributed by atoms with Crippen molar-refractivity contribution in [3.63, 3.8) is 0 Å². The van der Waals surface area contributed by atoms with E-state index >= 15 is 0 Å². The van der Waals surface area contributed by atoms with E-state index in [9.17, 15) is 4.79 Å². The summed E-state index contributed by atoms with van der Waals surface area (Å²) in [5, 5.41) is 3.68. The molecule has 29 heavy (non-hydrogen) atoms. The summed E-state index contributed by atoms with van der Waals surface area (Å²) < 4.78 is 5.46. The van der Waals surface area contributed by atoms with E-state index in [1.807, 2.05) is 48.5 Å². The van der Waals surface area contributed by atoms with Gasteiger partial charge in [0.05, 0.1) is 18.9 Å². The molecule has 0 spiro atoms. The maximum atomic E-state index is 12.5. The molecule has 1 aliphatic heterocycles. The van der Waals surface area contributed by atoms with Gasteiger partial charge in [0, 0.05) is 36.5 Å². The highest BCUT2D eigenvalue weighted by Crippen LogP contribution is 2.32. The molecule has 0 unspecified atom stereocenters. The SMILES string of the molecule is O=C(CCc1ccccc1)Nc1nc(-c2ccccc2)c(CN2CCOCC2)s1. The van der Waals surface area contributed by atoms with Crippen molar-refractivity contribution in [3.8, 4) is 11.3 Å². The summed E-state index contributed by atoms with van der Waals surface area (Å²) in [6.07, 6.45) is 1.17. The Morgan fingerprint density at radius 3 is 2.45 bits per heavy atom. The molecule has 2 aromatic carbocycles. The summed E-state index contributed by atoms with van der Waals surface area (Å²) in [5.74, 6) is 0.000127. The van der Waals surface area contributed by atoms with Gasteiger partial charge in [0.2, 0.25) is 5.91 Å². The third-order valence-electron chi connectivity index (χ3n) is 4.95. The van der Waals surface area contributed by atoms with Crippen LogP contribution in [0, 0.1) is 0 Å². The van der Waals surface area contributed by atoms with Gasteiger partial charge in [0.1, 0.15) is 0 Å². The largest absolute Gasteiger partial charge is 0.379 e. The number of aromatic nitrogens is 1. The minimum Gasteiger partial charge on any atom is -0.379 e. The van der Waals surface area contributed by atoms with Crippen molar-refractivity contribution in [2.75, 3.05) is 31.6 Å². The number of morpholine rings is 1. The predicted molar refractivity (Wildman–Crippen MR) is 117 cm³/mol. The molecule has 2 heterocycles. The smallest absolute Gasteiger partial charge is 0.226 e.